The Balaban J connectivity index is 3.03. The van der Waals surface area contributed by atoms with Gasteiger partial charge in [0.25, 0.3) is 0 Å². The normalized spacial score (nSPS) is 10.3. The van der Waals surface area contributed by atoms with Crippen LogP contribution in [-0.4, -0.2) is 11.1 Å². The Morgan fingerprint density at radius 2 is 2.36 bits per heavy atom. The molecule has 1 heterocycles. The first-order chi connectivity index (χ1) is 6.67. The quantitative estimate of drug-likeness (QED) is 0.451. The van der Waals surface area contributed by atoms with Crippen LogP contribution in [0.1, 0.15) is 9.75 Å². The van der Waals surface area contributed by atoms with E-state index in [0.29, 0.717) is 9.75 Å². The van der Waals surface area contributed by atoms with Gasteiger partial charge in [0.05, 0.1) is 4.88 Å². The molecule has 1 rings (SSSR count). The molecule has 14 heavy (non-hydrogen) atoms. The molecule has 0 unspecified atom stereocenters. The van der Waals surface area contributed by atoms with Crippen molar-refractivity contribution in [1.29, 1.82) is 5.26 Å². The number of carboxylic acids is 1. The fourth-order valence-electron chi connectivity index (χ4n) is 0.782. The number of hydrogen-bond donors (Lipinski definition) is 1. The van der Waals surface area contributed by atoms with Gasteiger partial charge < -0.3 is 5.11 Å². The highest BCUT2D eigenvalue weighted by atomic mass is 32.1. The molecular formula is C10H4NO2S. The molecular weight excluding hydrogens is 198 g/mol. The Kier molecular flexibility index (Phi) is 3.06. The molecule has 0 aliphatic rings. The fraction of sp³-hybridized carbons (Fsp3) is 0. The molecule has 0 amide bonds. The summed E-state index contributed by atoms with van der Waals surface area (Å²) < 4.78 is 0. The second-order valence-corrected chi connectivity index (χ2v) is 3.42. The van der Waals surface area contributed by atoms with E-state index in [-0.39, 0.29) is 5.57 Å². The van der Waals surface area contributed by atoms with Crippen LogP contribution in [0.3, 0.4) is 0 Å². The van der Waals surface area contributed by atoms with Crippen LogP contribution in [0.15, 0.2) is 17.7 Å². The van der Waals surface area contributed by atoms with E-state index in [9.17, 15) is 4.79 Å². The van der Waals surface area contributed by atoms with Gasteiger partial charge in [-0.3, -0.25) is 0 Å². The lowest BCUT2D eigenvalue weighted by Crippen LogP contribution is -1.96. The first-order valence-electron chi connectivity index (χ1n) is 3.55. The molecule has 0 aliphatic heterocycles. The van der Waals surface area contributed by atoms with Crippen LogP contribution in [0, 0.1) is 23.7 Å². The summed E-state index contributed by atoms with van der Waals surface area (Å²) in [5, 5.41) is 17.0. The van der Waals surface area contributed by atoms with Crippen molar-refractivity contribution >= 4 is 23.4 Å². The van der Waals surface area contributed by atoms with Gasteiger partial charge in [-0.15, -0.1) is 11.3 Å². The minimum absolute atomic E-state index is 0.316. The molecule has 1 aromatic heterocycles. The highest BCUT2D eigenvalue weighted by Gasteiger charge is 2.06. The van der Waals surface area contributed by atoms with Crippen molar-refractivity contribution in [2.75, 3.05) is 0 Å². The molecule has 0 saturated carbocycles. The van der Waals surface area contributed by atoms with Gasteiger partial charge in [0.1, 0.15) is 11.6 Å². The van der Waals surface area contributed by atoms with Gasteiger partial charge >= 0.3 is 5.97 Å². The zero-order valence-corrected chi connectivity index (χ0v) is 7.76. The summed E-state index contributed by atoms with van der Waals surface area (Å²) in [6.07, 6.45) is 8.10. The SMILES string of the molecule is [C]#Cc1ccc(/C=C(\C#N)C(=O)O)s1. The van der Waals surface area contributed by atoms with Gasteiger partial charge in [-0.1, -0.05) is 0 Å². The van der Waals surface area contributed by atoms with Crippen LogP contribution in [0.2, 0.25) is 0 Å². The molecule has 0 spiro atoms. The third-order valence-electron chi connectivity index (χ3n) is 1.39. The van der Waals surface area contributed by atoms with E-state index < -0.39 is 5.97 Å². The Labute approximate surface area is 84.9 Å². The number of nitriles is 1. The van der Waals surface area contributed by atoms with E-state index in [2.05, 4.69) is 5.92 Å². The Bertz CT molecular complexity index is 471. The van der Waals surface area contributed by atoms with Crippen molar-refractivity contribution in [3.63, 3.8) is 0 Å². The predicted molar refractivity (Wildman–Crippen MR) is 51.8 cm³/mol. The summed E-state index contributed by atoms with van der Waals surface area (Å²) >= 11 is 1.20. The number of thiophene rings is 1. The van der Waals surface area contributed by atoms with E-state index in [4.69, 9.17) is 16.8 Å². The number of hydrogen-bond acceptors (Lipinski definition) is 3. The number of rotatable bonds is 2. The van der Waals surface area contributed by atoms with Crippen LogP contribution in [-0.2, 0) is 4.79 Å². The topological polar surface area (TPSA) is 61.1 Å². The Morgan fingerprint density at radius 1 is 1.64 bits per heavy atom. The first-order valence-corrected chi connectivity index (χ1v) is 4.36. The van der Waals surface area contributed by atoms with Gasteiger partial charge in [0.2, 0.25) is 0 Å². The molecule has 1 N–H and O–H groups in total. The zero-order valence-electron chi connectivity index (χ0n) is 6.94. The minimum Gasteiger partial charge on any atom is -0.477 e. The number of aliphatic carboxylic acids is 1. The largest absolute Gasteiger partial charge is 0.477 e. The second-order valence-electron chi connectivity index (χ2n) is 2.30. The zero-order chi connectivity index (χ0) is 10.6. The molecule has 4 heteroatoms. The molecule has 0 aliphatic carbocycles. The average molecular weight is 202 g/mol. The minimum atomic E-state index is -1.25. The maximum atomic E-state index is 10.5. The smallest absolute Gasteiger partial charge is 0.346 e. The summed E-state index contributed by atoms with van der Waals surface area (Å²) in [5.74, 6) is 0.928. The summed E-state index contributed by atoms with van der Waals surface area (Å²) in [4.78, 5) is 11.7. The Hall–Kier alpha value is -2.04. The van der Waals surface area contributed by atoms with Gasteiger partial charge in [-0.25, -0.2) is 4.79 Å². The molecule has 0 atom stereocenters. The van der Waals surface area contributed by atoms with E-state index in [1.165, 1.54) is 17.4 Å². The van der Waals surface area contributed by atoms with E-state index in [1.807, 2.05) is 0 Å². The van der Waals surface area contributed by atoms with Crippen LogP contribution in [0.25, 0.3) is 6.08 Å². The Morgan fingerprint density at radius 3 is 2.79 bits per heavy atom. The average Bonchev–Trinajstić information content (AvgIpc) is 2.61. The molecule has 3 nitrogen and oxygen atoms in total. The molecule has 1 radical (unpaired) electrons. The number of carbonyl (C=O) groups is 1. The maximum Gasteiger partial charge on any atom is 0.346 e. The van der Waals surface area contributed by atoms with Gasteiger partial charge in [0, 0.05) is 4.88 Å². The van der Waals surface area contributed by atoms with Gasteiger partial charge in [-0.05, 0) is 30.6 Å². The van der Waals surface area contributed by atoms with Crippen molar-refractivity contribution in [2.24, 2.45) is 0 Å². The van der Waals surface area contributed by atoms with Crippen LogP contribution < -0.4 is 0 Å². The number of nitrogens with zero attached hydrogens (tertiary/aromatic N) is 1. The maximum absolute atomic E-state index is 10.5. The lowest BCUT2D eigenvalue weighted by Gasteiger charge is -1.87. The molecule has 0 fully saturated rings. The van der Waals surface area contributed by atoms with Crippen molar-refractivity contribution in [3.8, 4) is 12.0 Å². The molecule has 0 aromatic carbocycles. The molecule has 0 saturated heterocycles. The van der Waals surface area contributed by atoms with E-state index in [1.54, 1.807) is 18.2 Å². The number of carboxylic acid groups (broad SMARTS) is 1. The van der Waals surface area contributed by atoms with Crippen molar-refractivity contribution < 1.29 is 9.90 Å². The lowest BCUT2D eigenvalue weighted by atomic mass is 10.2. The highest BCUT2D eigenvalue weighted by molar-refractivity contribution is 7.13. The highest BCUT2D eigenvalue weighted by Crippen LogP contribution is 2.18. The molecule has 67 valence electrons. The van der Waals surface area contributed by atoms with Crippen LogP contribution >= 0.6 is 11.3 Å². The van der Waals surface area contributed by atoms with Gasteiger partial charge in [-0.2, -0.15) is 5.26 Å². The molecule has 1 aromatic rings. The summed E-state index contributed by atoms with van der Waals surface area (Å²) in [7, 11) is 0. The fourth-order valence-corrected chi connectivity index (χ4v) is 1.54. The van der Waals surface area contributed by atoms with Crippen molar-refractivity contribution in [1.82, 2.24) is 0 Å². The van der Waals surface area contributed by atoms with Crippen LogP contribution in [0.4, 0.5) is 0 Å². The van der Waals surface area contributed by atoms with Crippen molar-refractivity contribution in [3.05, 3.63) is 33.9 Å². The van der Waals surface area contributed by atoms with Crippen LogP contribution in [0.5, 0.6) is 0 Å². The third kappa shape index (κ3) is 2.22. The summed E-state index contributed by atoms with van der Waals surface area (Å²) in [6.45, 7) is 0. The second kappa shape index (κ2) is 4.27. The first kappa shape index (κ1) is 10.0. The predicted octanol–water partition coefficient (Wildman–Crippen LogP) is 1.68. The van der Waals surface area contributed by atoms with E-state index >= 15 is 0 Å². The monoisotopic (exact) mass is 202 g/mol. The molecule has 0 bridgehead atoms. The summed E-state index contributed by atoms with van der Waals surface area (Å²) in [6, 6.07) is 4.86. The van der Waals surface area contributed by atoms with Gasteiger partial charge in [0.15, 0.2) is 0 Å². The third-order valence-corrected chi connectivity index (χ3v) is 2.34. The van der Waals surface area contributed by atoms with E-state index in [0.717, 1.165) is 0 Å². The lowest BCUT2D eigenvalue weighted by molar-refractivity contribution is -0.132. The van der Waals surface area contributed by atoms with Crippen molar-refractivity contribution in [2.45, 2.75) is 0 Å². The standard InChI is InChI=1S/C10H4NO2S/c1-2-8-3-4-9(14-8)5-7(6-11)10(12)13/h3-5H,(H,12,13)/b7-5+. The summed E-state index contributed by atoms with van der Waals surface area (Å²) in [5.41, 5.74) is -0.316.